The number of benzene rings is 2. The fourth-order valence-corrected chi connectivity index (χ4v) is 5.56. The van der Waals surface area contributed by atoms with Gasteiger partial charge in [-0.3, -0.25) is 9.59 Å². The molecule has 1 heterocycles. The fourth-order valence-electron chi connectivity index (χ4n) is 4.26. The van der Waals surface area contributed by atoms with Gasteiger partial charge in [0.1, 0.15) is 11.9 Å². The third kappa shape index (κ3) is 7.83. The van der Waals surface area contributed by atoms with Gasteiger partial charge in [-0.2, -0.15) is 0 Å². The second-order valence-electron chi connectivity index (χ2n) is 9.74. The number of hydrogen-bond donors (Lipinski definition) is 2. The molecular formula is C27H34FN3O5S. The molecule has 1 aliphatic carbocycles. The van der Waals surface area contributed by atoms with E-state index in [1.807, 2.05) is 0 Å². The molecule has 2 fully saturated rings. The molecule has 37 heavy (non-hydrogen) atoms. The molecule has 0 spiro atoms. The molecule has 0 radical (unpaired) electrons. The molecule has 8 nitrogen and oxygen atoms in total. The van der Waals surface area contributed by atoms with Gasteiger partial charge in [-0.1, -0.05) is 24.3 Å². The van der Waals surface area contributed by atoms with Crippen LogP contribution in [-0.2, 0) is 37.3 Å². The van der Waals surface area contributed by atoms with Crippen LogP contribution in [0.4, 0.5) is 4.39 Å². The first-order valence-electron chi connectivity index (χ1n) is 12.8. The monoisotopic (exact) mass is 531 g/mol. The van der Waals surface area contributed by atoms with Crippen molar-refractivity contribution in [1.29, 1.82) is 0 Å². The summed E-state index contributed by atoms with van der Waals surface area (Å²) in [6.45, 7) is 2.93. The van der Waals surface area contributed by atoms with Crippen molar-refractivity contribution in [2.24, 2.45) is 0 Å². The van der Waals surface area contributed by atoms with Crippen LogP contribution in [0.2, 0.25) is 0 Å². The van der Waals surface area contributed by atoms with Crippen LogP contribution in [0.5, 0.6) is 0 Å². The summed E-state index contributed by atoms with van der Waals surface area (Å²) in [4.78, 5) is 27.9. The SMILES string of the molecule is C[C@H](C(=O)NC[C@H]1CCCO1)N(Cc1ccc(F)cc1)C(=O)CCc1ccc(S(=O)(=O)NC2CC2)cc1. The van der Waals surface area contributed by atoms with Gasteiger partial charge < -0.3 is 15.0 Å². The normalized spacial score (nSPS) is 18.4. The highest BCUT2D eigenvalue weighted by Gasteiger charge is 2.29. The van der Waals surface area contributed by atoms with Crippen molar-refractivity contribution >= 4 is 21.8 Å². The van der Waals surface area contributed by atoms with Crippen molar-refractivity contribution in [2.75, 3.05) is 13.2 Å². The summed E-state index contributed by atoms with van der Waals surface area (Å²) >= 11 is 0. The Hall–Kier alpha value is -2.82. The molecule has 1 saturated heterocycles. The predicted molar refractivity (Wildman–Crippen MR) is 137 cm³/mol. The summed E-state index contributed by atoms with van der Waals surface area (Å²) < 4.78 is 46.4. The molecule has 10 heteroatoms. The van der Waals surface area contributed by atoms with Crippen molar-refractivity contribution in [2.45, 2.75) is 75.1 Å². The second kappa shape index (κ2) is 12.1. The Kier molecular flexibility index (Phi) is 8.94. The molecule has 0 bridgehead atoms. The topological polar surface area (TPSA) is 105 Å². The number of nitrogens with one attached hydrogen (secondary N) is 2. The molecule has 2 aromatic rings. The summed E-state index contributed by atoms with van der Waals surface area (Å²) in [6.07, 6.45) is 4.09. The first-order chi connectivity index (χ1) is 17.7. The summed E-state index contributed by atoms with van der Waals surface area (Å²) in [5, 5.41) is 2.89. The van der Waals surface area contributed by atoms with Crippen molar-refractivity contribution in [3.63, 3.8) is 0 Å². The van der Waals surface area contributed by atoms with Gasteiger partial charge >= 0.3 is 0 Å². The van der Waals surface area contributed by atoms with Gasteiger partial charge in [0, 0.05) is 32.2 Å². The first-order valence-corrected chi connectivity index (χ1v) is 14.2. The van der Waals surface area contributed by atoms with Crippen molar-refractivity contribution in [3.8, 4) is 0 Å². The van der Waals surface area contributed by atoms with Crippen LogP contribution in [0.15, 0.2) is 53.4 Å². The number of carbonyl (C=O) groups excluding carboxylic acids is 2. The number of hydrogen-bond acceptors (Lipinski definition) is 5. The first kappa shape index (κ1) is 27.2. The number of aryl methyl sites for hydroxylation is 1. The number of carbonyl (C=O) groups is 2. The zero-order valence-electron chi connectivity index (χ0n) is 21.0. The molecule has 2 aliphatic rings. The summed E-state index contributed by atoms with van der Waals surface area (Å²) in [5.41, 5.74) is 1.53. The van der Waals surface area contributed by atoms with E-state index in [1.54, 1.807) is 43.3 Å². The number of halogens is 1. The van der Waals surface area contributed by atoms with Crippen LogP contribution in [-0.4, -0.2) is 56.5 Å². The van der Waals surface area contributed by atoms with Gasteiger partial charge in [-0.05, 0) is 74.4 Å². The van der Waals surface area contributed by atoms with Gasteiger partial charge in [0.05, 0.1) is 11.0 Å². The van der Waals surface area contributed by atoms with Gasteiger partial charge in [0.15, 0.2) is 0 Å². The molecule has 2 aromatic carbocycles. The maximum Gasteiger partial charge on any atom is 0.242 e. The maximum absolute atomic E-state index is 13.4. The van der Waals surface area contributed by atoms with E-state index in [-0.39, 0.29) is 47.6 Å². The lowest BCUT2D eigenvalue weighted by Crippen LogP contribution is -2.49. The third-order valence-electron chi connectivity index (χ3n) is 6.72. The molecule has 1 aliphatic heterocycles. The van der Waals surface area contributed by atoms with Gasteiger partial charge in [-0.25, -0.2) is 17.5 Å². The quantitative estimate of drug-likeness (QED) is 0.438. The summed E-state index contributed by atoms with van der Waals surface area (Å²) in [6, 6.07) is 11.6. The Balaban J connectivity index is 1.39. The molecule has 1 saturated carbocycles. The molecule has 0 aromatic heterocycles. The van der Waals surface area contributed by atoms with E-state index in [1.165, 1.54) is 17.0 Å². The zero-order chi connectivity index (χ0) is 26.4. The predicted octanol–water partition coefficient (Wildman–Crippen LogP) is 2.91. The number of ether oxygens (including phenoxy) is 1. The molecule has 2 N–H and O–H groups in total. The van der Waals surface area contributed by atoms with Crippen LogP contribution >= 0.6 is 0 Å². The van der Waals surface area contributed by atoms with E-state index in [0.717, 1.165) is 31.2 Å². The second-order valence-corrected chi connectivity index (χ2v) is 11.5. The average molecular weight is 532 g/mol. The maximum atomic E-state index is 13.4. The van der Waals surface area contributed by atoms with E-state index >= 15 is 0 Å². The minimum Gasteiger partial charge on any atom is -0.376 e. The Morgan fingerprint density at radius 3 is 2.35 bits per heavy atom. The average Bonchev–Trinajstić information content (AvgIpc) is 3.53. The molecule has 0 unspecified atom stereocenters. The van der Waals surface area contributed by atoms with Gasteiger partial charge in [0.25, 0.3) is 0 Å². The number of rotatable bonds is 12. The molecule has 2 amide bonds. The van der Waals surface area contributed by atoms with E-state index < -0.39 is 16.1 Å². The summed E-state index contributed by atoms with van der Waals surface area (Å²) in [7, 11) is -3.53. The van der Waals surface area contributed by atoms with E-state index in [9.17, 15) is 22.4 Å². The van der Waals surface area contributed by atoms with Gasteiger partial charge in [0.2, 0.25) is 21.8 Å². The van der Waals surface area contributed by atoms with E-state index in [2.05, 4.69) is 10.0 Å². The van der Waals surface area contributed by atoms with Crippen LogP contribution in [0.3, 0.4) is 0 Å². The Bertz CT molecular complexity index is 1180. The fraction of sp³-hybridized carbons (Fsp3) is 0.481. The largest absolute Gasteiger partial charge is 0.376 e. The highest BCUT2D eigenvalue weighted by atomic mass is 32.2. The lowest BCUT2D eigenvalue weighted by Gasteiger charge is -2.29. The minimum absolute atomic E-state index is 0.0105. The number of nitrogens with zero attached hydrogens (tertiary/aromatic N) is 1. The number of amides is 2. The Morgan fingerprint density at radius 1 is 1.05 bits per heavy atom. The van der Waals surface area contributed by atoms with Crippen LogP contribution in [0, 0.1) is 5.82 Å². The molecule has 2 atom stereocenters. The number of sulfonamides is 1. The van der Waals surface area contributed by atoms with Crippen molar-refractivity contribution in [1.82, 2.24) is 14.9 Å². The Morgan fingerprint density at radius 2 is 1.73 bits per heavy atom. The Labute approximate surface area is 217 Å². The lowest BCUT2D eigenvalue weighted by atomic mass is 10.1. The lowest BCUT2D eigenvalue weighted by molar-refractivity contribution is -0.140. The van der Waals surface area contributed by atoms with Crippen LogP contribution < -0.4 is 10.0 Å². The summed E-state index contributed by atoms with van der Waals surface area (Å²) in [5.74, 6) is -0.873. The van der Waals surface area contributed by atoms with Crippen molar-refractivity contribution in [3.05, 3.63) is 65.5 Å². The van der Waals surface area contributed by atoms with E-state index in [4.69, 9.17) is 4.74 Å². The third-order valence-corrected chi connectivity index (χ3v) is 8.26. The minimum atomic E-state index is -3.53. The smallest absolute Gasteiger partial charge is 0.242 e. The van der Waals surface area contributed by atoms with E-state index in [0.29, 0.717) is 25.1 Å². The highest BCUT2D eigenvalue weighted by molar-refractivity contribution is 7.89. The highest BCUT2D eigenvalue weighted by Crippen LogP contribution is 2.22. The van der Waals surface area contributed by atoms with Crippen molar-refractivity contribution < 1.29 is 27.1 Å². The zero-order valence-corrected chi connectivity index (χ0v) is 21.8. The molecule has 200 valence electrons. The van der Waals surface area contributed by atoms with Gasteiger partial charge in [-0.15, -0.1) is 0 Å². The van der Waals surface area contributed by atoms with Crippen LogP contribution in [0.25, 0.3) is 0 Å². The molecule has 4 rings (SSSR count). The molecular weight excluding hydrogens is 497 g/mol. The van der Waals surface area contributed by atoms with Crippen LogP contribution in [0.1, 0.15) is 50.2 Å². The standard InChI is InChI=1S/C27H34FN3O5S/c1-19(27(33)29-17-24-3-2-16-36-24)31(18-21-4-9-22(28)10-5-21)26(32)15-8-20-6-13-25(14-7-20)37(34,35)30-23-11-12-23/h4-7,9-10,13-14,19,23-24,30H,2-3,8,11-12,15-18H2,1H3,(H,29,33)/t19-,24-/m1/s1.